The Balaban J connectivity index is -0.00000259. The molecule has 4 N–H and O–H groups in total. The fourth-order valence-corrected chi connectivity index (χ4v) is 6.71. The van der Waals surface area contributed by atoms with Gasteiger partial charge in [0.05, 0.1) is 25.6 Å². The van der Waals surface area contributed by atoms with Crippen LogP contribution in [0.4, 0.5) is 28.4 Å². The topological polar surface area (TPSA) is 328 Å². The molecule has 0 unspecified atom stereocenters. The Morgan fingerprint density at radius 1 is 0.707 bits per heavy atom. The number of nitrogens with zero attached hydrogens (tertiary/aromatic N) is 4. The zero-order valence-electron chi connectivity index (χ0n) is 31.2. The smallest absolute Gasteiger partial charge is 0.754 e. The average molecular weight is 970 g/mol. The van der Waals surface area contributed by atoms with Gasteiger partial charge >= 0.3 is 148 Å². The Bertz CT molecular complexity index is 2760. The van der Waals surface area contributed by atoms with Gasteiger partial charge in [-0.2, -0.15) is 45.7 Å². The minimum atomic E-state index is -5.19. The predicted molar refractivity (Wildman–Crippen MR) is 179 cm³/mol. The van der Waals surface area contributed by atoms with Crippen molar-refractivity contribution in [1.29, 1.82) is 0 Å². The molecule has 5 aromatic carbocycles. The van der Waals surface area contributed by atoms with Crippen molar-refractivity contribution >= 4 is 90.5 Å². The number of sulfone groups is 1. The SMILES string of the molecule is O=S(=O)([O-])O.[CH2-]CS(=O)(=O)c1ccc(N=Nc2c(NC)ccc3c(O)c(N=Nc4ccc5c[c-]cc(S(=O)(=O)[O-])c5c4O)[c-]cc23)c(S(=O)(=O)[O-])c1.[Cu].[Na+].[Na+].[Na+].[Na+].[Na+]. The van der Waals surface area contributed by atoms with E-state index in [0.29, 0.717) is 11.8 Å². The summed E-state index contributed by atoms with van der Waals surface area (Å²) in [7, 11) is -17.5. The van der Waals surface area contributed by atoms with Crippen LogP contribution < -0.4 is 153 Å². The molecule has 0 aliphatic heterocycles. The molecule has 1 radical (unpaired) electrons. The van der Waals surface area contributed by atoms with Gasteiger partial charge in [-0.05, 0) is 35.2 Å². The van der Waals surface area contributed by atoms with Gasteiger partial charge in [0.15, 0.2) is 9.84 Å². The monoisotopic (exact) mass is 969 g/mol. The predicted octanol–water partition coefficient (Wildman–Crippen LogP) is -10.7. The maximum atomic E-state index is 12.2. The van der Waals surface area contributed by atoms with E-state index >= 15 is 0 Å². The van der Waals surface area contributed by atoms with Gasteiger partial charge in [-0.25, -0.2) is 25.3 Å². The van der Waals surface area contributed by atoms with Crippen LogP contribution in [0.5, 0.6) is 11.5 Å². The van der Waals surface area contributed by atoms with Crippen molar-refractivity contribution in [3.63, 3.8) is 0 Å². The number of hydrogen-bond donors (Lipinski definition) is 4. The molecular weight excluding hydrogens is 949 g/mol. The van der Waals surface area contributed by atoms with Crippen molar-refractivity contribution in [3.8, 4) is 11.5 Å². The van der Waals surface area contributed by atoms with Crippen molar-refractivity contribution < 1.29 is 227 Å². The molecule has 0 bridgehead atoms. The first-order valence-corrected chi connectivity index (χ1v) is 19.5. The van der Waals surface area contributed by atoms with Gasteiger partial charge in [-0.3, -0.25) is 13.0 Å². The summed E-state index contributed by atoms with van der Waals surface area (Å²) in [6.07, 6.45) is 0. The fourth-order valence-electron chi connectivity index (χ4n) is 4.51. The van der Waals surface area contributed by atoms with E-state index in [1.807, 2.05) is 0 Å². The second kappa shape index (κ2) is 25.6. The Morgan fingerprint density at radius 2 is 1.26 bits per heavy atom. The summed E-state index contributed by atoms with van der Waals surface area (Å²) in [5.74, 6) is -1.68. The van der Waals surface area contributed by atoms with E-state index in [2.05, 4.69) is 44.8 Å². The molecule has 0 aliphatic rings. The van der Waals surface area contributed by atoms with E-state index in [4.69, 9.17) is 17.5 Å². The van der Waals surface area contributed by atoms with Crippen LogP contribution in [0.3, 0.4) is 0 Å². The van der Waals surface area contributed by atoms with E-state index in [-0.39, 0.29) is 203 Å². The van der Waals surface area contributed by atoms with E-state index in [1.165, 1.54) is 36.4 Å². The normalized spacial score (nSPS) is 11.4. The molecule has 0 amide bonds. The van der Waals surface area contributed by atoms with Gasteiger partial charge < -0.3 is 36.1 Å². The van der Waals surface area contributed by atoms with Crippen LogP contribution in [0.1, 0.15) is 0 Å². The molecule has 0 saturated heterocycles. The first-order valence-electron chi connectivity index (χ1n) is 13.7. The van der Waals surface area contributed by atoms with Crippen molar-refractivity contribution in [1.82, 2.24) is 0 Å². The average Bonchev–Trinajstić information content (AvgIpc) is 3.05. The molecule has 0 atom stereocenters. The van der Waals surface area contributed by atoms with Gasteiger partial charge in [0.1, 0.15) is 27.2 Å². The minimum Gasteiger partial charge on any atom is -0.754 e. The number of phenols is 2. The summed E-state index contributed by atoms with van der Waals surface area (Å²) in [6, 6.07) is 17.3. The number of benzene rings is 5. The largest absolute Gasteiger partial charge is 1.00 e. The Morgan fingerprint density at radius 3 is 1.79 bits per heavy atom. The number of phenolic OH excluding ortho intramolecular Hbond substituents is 2. The fraction of sp³-hybridized carbons (Fsp3) is 0.0690. The van der Waals surface area contributed by atoms with E-state index < -0.39 is 78.1 Å². The number of aromatic hydroxyl groups is 2. The summed E-state index contributed by atoms with van der Waals surface area (Å²) >= 11 is 0. The molecule has 0 heterocycles. The molecule has 29 heteroatoms. The van der Waals surface area contributed by atoms with E-state index in [0.717, 1.165) is 18.2 Å². The van der Waals surface area contributed by atoms with Crippen LogP contribution >= 0.6 is 0 Å². The van der Waals surface area contributed by atoms with Crippen LogP contribution in [0.25, 0.3) is 21.5 Å². The second-order valence-electron chi connectivity index (χ2n) is 10.1. The van der Waals surface area contributed by atoms with Crippen molar-refractivity contribution in [2.45, 2.75) is 14.7 Å². The third-order valence-electron chi connectivity index (χ3n) is 6.82. The molecular formula is C29H21CuN5Na5O14S4-. The summed E-state index contributed by atoms with van der Waals surface area (Å²) in [5, 5.41) is 40.8. The number of nitrogens with one attached hydrogen (secondary N) is 1. The minimum absolute atomic E-state index is 0. The second-order valence-corrected chi connectivity index (χ2v) is 15.7. The van der Waals surface area contributed by atoms with Crippen LogP contribution in [-0.4, -0.2) is 74.9 Å². The molecule has 5 rings (SSSR count). The summed E-state index contributed by atoms with van der Waals surface area (Å²) in [5.41, 5.74) is -0.453. The molecule has 287 valence electrons. The van der Waals surface area contributed by atoms with Crippen LogP contribution in [-0.2, 0) is 57.5 Å². The quantitative estimate of drug-likeness (QED) is 0.0351. The molecule has 0 aromatic heterocycles. The maximum absolute atomic E-state index is 12.2. The Kier molecular flexibility index (Phi) is 27.7. The summed E-state index contributed by atoms with van der Waals surface area (Å²) in [4.78, 5) is -2.06. The molecule has 0 spiro atoms. The van der Waals surface area contributed by atoms with E-state index in [9.17, 15) is 44.6 Å². The van der Waals surface area contributed by atoms with Gasteiger partial charge in [-0.15, -0.1) is 16.6 Å². The molecule has 5 aromatic rings. The Labute approximate surface area is 454 Å². The molecule has 0 saturated carbocycles. The maximum Gasteiger partial charge on any atom is 1.00 e. The molecule has 58 heavy (non-hydrogen) atoms. The third-order valence-corrected chi connectivity index (χ3v) is 10.1. The summed E-state index contributed by atoms with van der Waals surface area (Å²) in [6.45, 7) is 3.30. The van der Waals surface area contributed by atoms with Gasteiger partial charge in [0, 0.05) is 41.2 Å². The van der Waals surface area contributed by atoms with Crippen LogP contribution in [0.15, 0.2) is 95.8 Å². The number of fused-ring (bicyclic) bond motifs is 2. The number of azo groups is 2. The van der Waals surface area contributed by atoms with Gasteiger partial charge in [0.25, 0.3) is 0 Å². The number of rotatable bonds is 9. The van der Waals surface area contributed by atoms with Gasteiger partial charge in [0.2, 0.25) is 10.4 Å². The van der Waals surface area contributed by atoms with Crippen molar-refractivity contribution in [2.75, 3.05) is 18.1 Å². The van der Waals surface area contributed by atoms with Crippen molar-refractivity contribution in [3.05, 3.63) is 79.7 Å². The summed E-state index contributed by atoms with van der Waals surface area (Å²) < 4.78 is 128. The number of hydrogen-bond acceptors (Lipinski definition) is 18. The molecule has 19 nitrogen and oxygen atoms in total. The van der Waals surface area contributed by atoms with E-state index in [1.54, 1.807) is 7.05 Å². The molecule has 0 fully saturated rings. The third kappa shape index (κ3) is 16.2. The van der Waals surface area contributed by atoms with Crippen LogP contribution in [0.2, 0.25) is 0 Å². The van der Waals surface area contributed by atoms with Crippen molar-refractivity contribution in [2.24, 2.45) is 20.5 Å². The van der Waals surface area contributed by atoms with Crippen LogP contribution in [0, 0.1) is 19.1 Å². The zero-order chi connectivity index (χ0) is 38.8. The standard InChI is InChI=1S/C29H22N5O10S3.Cu.5Na.H2O4S/c1-3-45(37,38)17-8-12-20(25(15-17)47(42,43)44)31-34-27-18-9-14-22(28(35)19(18)10-13-21(27)30-2)32-33-23-11-7-16-5-4-6-24(46(39,40)41)26(16)29(23)36;;;;;;;1-5(2,3)4/h5-13,15,30,35-36H,1,3H2,2H3,(H,39,40,41)(H,42,43,44);;;;;;;(H2,1,2,3,4)/q-3;;5*+1;/p-3. The number of anilines is 1. The zero-order valence-corrected chi connectivity index (χ0v) is 45.5. The first kappa shape index (κ1) is 62.7. The Hall–Kier alpha value is 0.379. The van der Waals surface area contributed by atoms with Gasteiger partial charge in [-0.1, -0.05) is 28.0 Å². The molecule has 0 aliphatic carbocycles. The first-order chi connectivity index (χ1) is 24.1.